The van der Waals surface area contributed by atoms with Gasteiger partial charge in [0.25, 0.3) is 0 Å². The van der Waals surface area contributed by atoms with Crippen LogP contribution in [0.2, 0.25) is 10.0 Å². The Kier molecular flexibility index (Phi) is 7.11. The van der Waals surface area contributed by atoms with Gasteiger partial charge in [-0.1, -0.05) is 67.4 Å². The smallest absolute Gasteiger partial charge is 0.175 e. The minimum atomic E-state index is -3.30. The number of hydrogen-bond donors (Lipinski definition) is 1. The molecule has 0 aliphatic rings. The van der Waals surface area contributed by atoms with Gasteiger partial charge in [0.15, 0.2) is 9.84 Å². The number of nitrogens with zero attached hydrogens (tertiary/aromatic N) is 2. The summed E-state index contributed by atoms with van der Waals surface area (Å²) in [7, 11) is -3.30. The Morgan fingerprint density at radius 2 is 1.60 bits per heavy atom. The number of aromatic nitrogens is 2. The van der Waals surface area contributed by atoms with Crippen LogP contribution in [0.5, 0.6) is 0 Å². The van der Waals surface area contributed by atoms with Gasteiger partial charge in [-0.05, 0) is 60.4 Å². The molecule has 0 saturated heterocycles. The molecule has 0 amide bonds. The Labute approximate surface area is 215 Å². The third kappa shape index (κ3) is 5.02. The third-order valence-corrected chi connectivity index (χ3v) is 8.22. The number of imidazole rings is 1. The Hall–Kier alpha value is -2.64. The molecule has 0 aliphatic heterocycles. The first kappa shape index (κ1) is 25.5. The molecule has 8 heteroatoms. The topological polar surface area (TPSA) is 72.2 Å². The van der Waals surface area contributed by atoms with Crippen molar-refractivity contribution in [3.05, 3.63) is 88.7 Å². The van der Waals surface area contributed by atoms with E-state index in [1.54, 1.807) is 24.3 Å². The van der Waals surface area contributed by atoms with Crippen molar-refractivity contribution in [2.24, 2.45) is 0 Å². The molecular formula is C27H26Cl2N2O3S. The van der Waals surface area contributed by atoms with Crippen LogP contribution in [-0.4, -0.2) is 29.3 Å². The number of sulfone groups is 1. The van der Waals surface area contributed by atoms with Crippen LogP contribution < -0.4 is 0 Å². The van der Waals surface area contributed by atoms with Crippen molar-refractivity contribution in [2.45, 2.75) is 37.2 Å². The predicted molar refractivity (Wildman–Crippen MR) is 142 cm³/mol. The summed E-state index contributed by atoms with van der Waals surface area (Å²) in [6.07, 6.45) is 4.05. The minimum Gasteiger partial charge on any atom is -0.384 e. The van der Waals surface area contributed by atoms with E-state index in [1.165, 1.54) is 6.26 Å². The van der Waals surface area contributed by atoms with Crippen molar-refractivity contribution < 1.29 is 13.5 Å². The zero-order chi connectivity index (χ0) is 25.4. The Balaban J connectivity index is 1.84. The van der Waals surface area contributed by atoms with Gasteiger partial charge in [-0.15, -0.1) is 0 Å². The standard InChI is InChI=1S/C27H26Cl2N2O3S/c1-4-27(32,5-2)24-17-31(26(30-24)22-10-7-11-23(28)25(22)29)20-14-12-18(13-15-20)19-8-6-9-21(16-19)35(3,33)34/h6-17,32H,4-5H2,1-3H3. The maximum Gasteiger partial charge on any atom is 0.175 e. The van der Waals surface area contributed by atoms with Gasteiger partial charge in [0.05, 0.1) is 20.6 Å². The van der Waals surface area contributed by atoms with Gasteiger partial charge in [-0.2, -0.15) is 0 Å². The maximum atomic E-state index is 12.0. The highest BCUT2D eigenvalue weighted by Gasteiger charge is 2.30. The van der Waals surface area contributed by atoms with Crippen molar-refractivity contribution in [3.8, 4) is 28.2 Å². The summed E-state index contributed by atoms with van der Waals surface area (Å²) >= 11 is 12.8. The van der Waals surface area contributed by atoms with Crippen LogP contribution in [-0.2, 0) is 15.4 Å². The second-order valence-electron chi connectivity index (χ2n) is 8.51. The largest absolute Gasteiger partial charge is 0.384 e. The molecule has 0 radical (unpaired) electrons. The highest BCUT2D eigenvalue weighted by atomic mass is 35.5. The first-order valence-corrected chi connectivity index (χ1v) is 13.9. The van der Waals surface area contributed by atoms with Gasteiger partial charge in [-0.3, -0.25) is 4.57 Å². The van der Waals surface area contributed by atoms with Gasteiger partial charge in [-0.25, -0.2) is 13.4 Å². The van der Waals surface area contributed by atoms with Crippen LogP contribution in [0.3, 0.4) is 0 Å². The molecule has 182 valence electrons. The summed E-state index contributed by atoms with van der Waals surface area (Å²) in [5.41, 5.74) is 2.63. The molecule has 0 bridgehead atoms. The summed E-state index contributed by atoms with van der Waals surface area (Å²) < 4.78 is 25.8. The molecule has 35 heavy (non-hydrogen) atoms. The summed E-state index contributed by atoms with van der Waals surface area (Å²) in [5, 5.41) is 12.0. The lowest BCUT2D eigenvalue weighted by atomic mass is 9.94. The van der Waals surface area contributed by atoms with Crippen molar-refractivity contribution >= 4 is 33.0 Å². The fourth-order valence-corrected chi connectivity index (χ4v) is 5.05. The highest BCUT2D eigenvalue weighted by Crippen LogP contribution is 2.37. The molecule has 0 atom stereocenters. The number of hydrogen-bond acceptors (Lipinski definition) is 4. The van der Waals surface area contributed by atoms with Gasteiger partial charge in [0.2, 0.25) is 0 Å². The molecule has 0 aliphatic carbocycles. The van der Waals surface area contributed by atoms with E-state index in [9.17, 15) is 13.5 Å². The summed E-state index contributed by atoms with van der Waals surface area (Å²) in [6, 6.07) is 19.9. The predicted octanol–water partition coefficient (Wildman–Crippen LogP) is 6.92. The second-order valence-corrected chi connectivity index (χ2v) is 11.3. The molecule has 3 aromatic carbocycles. The van der Waals surface area contributed by atoms with Gasteiger partial charge in [0, 0.05) is 23.7 Å². The number of rotatable bonds is 7. The average Bonchev–Trinajstić information content (AvgIpc) is 3.31. The fourth-order valence-electron chi connectivity index (χ4n) is 4.00. The number of aliphatic hydroxyl groups is 1. The molecule has 1 N–H and O–H groups in total. The van der Waals surface area contributed by atoms with E-state index >= 15 is 0 Å². The normalized spacial score (nSPS) is 12.2. The van der Waals surface area contributed by atoms with Crippen molar-refractivity contribution in [1.29, 1.82) is 0 Å². The van der Waals surface area contributed by atoms with Crippen molar-refractivity contribution in [3.63, 3.8) is 0 Å². The Morgan fingerprint density at radius 3 is 2.23 bits per heavy atom. The lowest BCUT2D eigenvalue weighted by Gasteiger charge is -2.22. The zero-order valence-electron chi connectivity index (χ0n) is 19.7. The molecule has 0 saturated carbocycles. The van der Waals surface area contributed by atoms with E-state index in [2.05, 4.69) is 0 Å². The molecule has 0 spiro atoms. The Bertz CT molecular complexity index is 1470. The molecule has 0 fully saturated rings. The van der Waals surface area contributed by atoms with Crippen LogP contribution in [0.4, 0.5) is 0 Å². The number of benzene rings is 3. The number of halogens is 2. The van der Waals surface area contributed by atoms with Crippen molar-refractivity contribution in [2.75, 3.05) is 6.26 Å². The second kappa shape index (κ2) is 9.78. The lowest BCUT2D eigenvalue weighted by molar-refractivity contribution is 0.0244. The third-order valence-electron chi connectivity index (χ3n) is 6.29. The van der Waals surface area contributed by atoms with E-state index in [1.807, 2.05) is 67.1 Å². The van der Waals surface area contributed by atoms with E-state index in [-0.39, 0.29) is 4.90 Å². The van der Waals surface area contributed by atoms with E-state index in [0.717, 1.165) is 16.8 Å². The monoisotopic (exact) mass is 528 g/mol. The van der Waals surface area contributed by atoms with Gasteiger partial charge >= 0.3 is 0 Å². The minimum absolute atomic E-state index is 0.273. The SMILES string of the molecule is CCC(O)(CC)c1cn(-c2ccc(-c3cccc(S(C)(=O)=O)c3)cc2)c(-c2cccc(Cl)c2Cl)n1. The average molecular weight is 529 g/mol. The molecule has 1 aromatic heterocycles. The maximum absolute atomic E-state index is 12.0. The first-order valence-electron chi connectivity index (χ1n) is 11.2. The highest BCUT2D eigenvalue weighted by molar-refractivity contribution is 7.90. The summed E-state index contributed by atoms with van der Waals surface area (Å²) in [5.74, 6) is 0.569. The molecule has 5 nitrogen and oxygen atoms in total. The molecular weight excluding hydrogens is 503 g/mol. The first-order chi connectivity index (χ1) is 16.6. The molecule has 0 unspecified atom stereocenters. The van der Waals surface area contributed by atoms with Gasteiger partial charge in [0.1, 0.15) is 11.4 Å². The molecule has 1 heterocycles. The van der Waals surface area contributed by atoms with Crippen LogP contribution >= 0.6 is 23.2 Å². The van der Waals surface area contributed by atoms with Crippen LogP contribution in [0, 0.1) is 0 Å². The van der Waals surface area contributed by atoms with Crippen molar-refractivity contribution in [1.82, 2.24) is 9.55 Å². The Morgan fingerprint density at radius 1 is 0.943 bits per heavy atom. The van der Waals surface area contributed by atoms with Crippen LogP contribution in [0.1, 0.15) is 32.4 Å². The molecule has 4 rings (SSSR count). The lowest BCUT2D eigenvalue weighted by Crippen LogP contribution is -2.23. The van der Waals surface area contributed by atoms with Gasteiger partial charge < -0.3 is 5.11 Å². The quantitative estimate of drug-likeness (QED) is 0.282. The van der Waals surface area contributed by atoms with Crippen LogP contribution in [0.15, 0.2) is 77.8 Å². The summed E-state index contributed by atoms with van der Waals surface area (Å²) in [6.45, 7) is 3.85. The van der Waals surface area contributed by atoms with Crippen LogP contribution in [0.25, 0.3) is 28.2 Å². The fraction of sp³-hybridized carbons (Fsp3) is 0.222. The van der Waals surface area contributed by atoms with E-state index in [0.29, 0.717) is 40.0 Å². The zero-order valence-corrected chi connectivity index (χ0v) is 22.0. The van der Waals surface area contributed by atoms with E-state index < -0.39 is 15.4 Å². The van der Waals surface area contributed by atoms with E-state index in [4.69, 9.17) is 28.2 Å². The molecule has 4 aromatic rings. The summed E-state index contributed by atoms with van der Waals surface area (Å²) in [4.78, 5) is 5.07.